The lowest BCUT2D eigenvalue weighted by molar-refractivity contribution is 0.0437. The van der Waals surface area contributed by atoms with E-state index in [1.807, 2.05) is 0 Å². The first-order chi connectivity index (χ1) is 7.02. The van der Waals surface area contributed by atoms with Crippen LogP contribution in [0.2, 0.25) is 0 Å². The molecule has 94 valence electrons. The highest BCUT2D eigenvalue weighted by Gasteiger charge is 2.18. The summed E-state index contributed by atoms with van der Waals surface area (Å²) in [7, 11) is 0. The van der Waals surface area contributed by atoms with E-state index < -0.39 is 5.92 Å². The van der Waals surface area contributed by atoms with Gasteiger partial charge in [-0.3, -0.25) is 0 Å². The second-order valence-electron chi connectivity index (χ2n) is 5.71. The zero-order chi connectivity index (χ0) is 13.0. The molecule has 0 spiro atoms. The Morgan fingerprint density at radius 2 is 1.50 bits per heavy atom. The zero-order valence-corrected chi connectivity index (χ0v) is 11.3. The third-order valence-corrected chi connectivity index (χ3v) is 2.24. The van der Waals surface area contributed by atoms with Gasteiger partial charge in [-0.1, -0.05) is 38.5 Å². The predicted molar refractivity (Wildman–Crippen MR) is 66.8 cm³/mol. The molecule has 0 aliphatic heterocycles. The molecule has 1 aliphatic rings. The van der Waals surface area contributed by atoms with Crippen molar-refractivity contribution < 1.29 is 8.78 Å². The summed E-state index contributed by atoms with van der Waals surface area (Å²) in [6.45, 7) is 10.8. The van der Waals surface area contributed by atoms with Crippen LogP contribution in [0.4, 0.5) is 8.78 Å². The molecule has 16 heavy (non-hydrogen) atoms. The van der Waals surface area contributed by atoms with Crippen LogP contribution in [0.25, 0.3) is 0 Å². The molecule has 0 atom stereocenters. The van der Waals surface area contributed by atoms with E-state index in [0.717, 1.165) is 13.8 Å². The van der Waals surface area contributed by atoms with Gasteiger partial charge >= 0.3 is 0 Å². The third kappa shape index (κ3) is 7.61. The van der Waals surface area contributed by atoms with Gasteiger partial charge in [0.2, 0.25) is 5.92 Å². The van der Waals surface area contributed by atoms with E-state index in [9.17, 15) is 8.78 Å². The van der Waals surface area contributed by atoms with Crippen LogP contribution in [-0.2, 0) is 0 Å². The Morgan fingerprint density at radius 3 is 1.75 bits per heavy atom. The second-order valence-corrected chi connectivity index (χ2v) is 5.71. The third-order valence-electron chi connectivity index (χ3n) is 2.24. The molecule has 0 saturated carbocycles. The summed E-state index contributed by atoms with van der Waals surface area (Å²) >= 11 is 0. The maximum absolute atomic E-state index is 11.0. The van der Waals surface area contributed by atoms with E-state index in [2.05, 4.69) is 39.8 Å². The number of allylic oxidation sites excluding steroid dienone is 4. The normalized spacial score (nSPS) is 17.0. The van der Waals surface area contributed by atoms with Crippen molar-refractivity contribution in [3.8, 4) is 0 Å². The van der Waals surface area contributed by atoms with Crippen molar-refractivity contribution >= 4 is 0 Å². The minimum atomic E-state index is -2.50. The van der Waals surface area contributed by atoms with E-state index >= 15 is 0 Å². The molecule has 1 rings (SSSR count). The summed E-state index contributed by atoms with van der Waals surface area (Å²) in [6.07, 6.45) is 7.06. The summed E-state index contributed by atoms with van der Waals surface area (Å²) in [4.78, 5) is 0. The van der Waals surface area contributed by atoms with Crippen LogP contribution in [0.1, 0.15) is 54.4 Å². The molecular formula is C14H24F2. The fraction of sp³-hybridized carbons (Fsp3) is 0.714. The molecule has 0 amide bonds. The number of hydrogen-bond acceptors (Lipinski definition) is 0. The Kier molecular flexibility index (Phi) is 5.37. The standard InChI is InChI=1S/C11H18.C3H6F2/c1-9-7-5-6-8-10(9)11(2,3)4;1-3(2,4)5/h6,8H,5,7H2,1-4H3;1-2H3. The van der Waals surface area contributed by atoms with Crippen molar-refractivity contribution in [2.24, 2.45) is 5.41 Å². The van der Waals surface area contributed by atoms with Gasteiger partial charge in [-0.05, 0) is 44.6 Å². The number of alkyl halides is 2. The van der Waals surface area contributed by atoms with E-state index in [-0.39, 0.29) is 0 Å². The van der Waals surface area contributed by atoms with E-state index in [4.69, 9.17) is 0 Å². The Hall–Kier alpha value is -0.660. The van der Waals surface area contributed by atoms with Gasteiger partial charge in [-0.25, -0.2) is 8.78 Å². The van der Waals surface area contributed by atoms with Crippen molar-refractivity contribution in [1.82, 2.24) is 0 Å². The molecule has 0 aromatic carbocycles. The lowest BCUT2D eigenvalue weighted by Crippen LogP contribution is -2.11. The smallest absolute Gasteiger partial charge is 0.208 e. The molecule has 0 heterocycles. The van der Waals surface area contributed by atoms with Crippen LogP contribution >= 0.6 is 0 Å². The molecule has 0 nitrogen and oxygen atoms in total. The number of hydrogen-bond donors (Lipinski definition) is 0. The quantitative estimate of drug-likeness (QED) is 0.525. The maximum Gasteiger partial charge on any atom is 0.242 e. The Balaban J connectivity index is 0.000000385. The van der Waals surface area contributed by atoms with Gasteiger partial charge in [0.25, 0.3) is 0 Å². The average Bonchev–Trinajstić information content (AvgIpc) is 1.99. The van der Waals surface area contributed by atoms with Crippen molar-refractivity contribution in [2.45, 2.75) is 60.3 Å². The Morgan fingerprint density at radius 1 is 1.06 bits per heavy atom. The molecule has 0 N–H and O–H groups in total. The lowest BCUT2D eigenvalue weighted by Gasteiger charge is -2.25. The fourth-order valence-electron chi connectivity index (χ4n) is 1.67. The molecule has 2 heteroatoms. The van der Waals surface area contributed by atoms with Crippen molar-refractivity contribution in [3.63, 3.8) is 0 Å². The average molecular weight is 230 g/mol. The first kappa shape index (κ1) is 15.3. The van der Waals surface area contributed by atoms with Crippen molar-refractivity contribution in [1.29, 1.82) is 0 Å². The van der Waals surface area contributed by atoms with Gasteiger partial charge in [0, 0.05) is 0 Å². The first-order valence-electron chi connectivity index (χ1n) is 5.76. The Labute approximate surface area is 98.4 Å². The van der Waals surface area contributed by atoms with Crippen molar-refractivity contribution in [2.75, 3.05) is 0 Å². The van der Waals surface area contributed by atoms with Gasteiger partial charge in [-0.15, -0.1) is 0 Å². The Bertz CT molecular complexity index is 266. The second kappa shape index (κ2) is 5.60. The summed E-state index contributed by atoms with van der Waals surface area (Å²) in [5, 5.41) is 0. The van der Waals surface area contributed by atoms with Crippen LogP contribution in [-0.4, -0.2) is 5.92 Å². The van der Waals surface area contributed by atoms with Crippen LogP contribution in [0.3, 0.4) is 0 Å². The first-order valence-corrected chi connectivity index (χ1v) is 5.76. The van der Waals surface area contributed by atoms with Gasteiger partial charge in [0.05, 0.1) is 0 Å². The molecule has 0 fully saturated rings. The van der Waals surface area contributed by atoms with E-state index in [0.29, 0.717) is 5.41 Å². The molecule has 0 radical (unpaired) electrons. The van der Waals surface area contributed by atoms with Crippen LogP contribution in [0, 0.1) is 5.41 Å². The molecule has 1 aliphatic carbocycles. The maximum atomic E-state index is 11.0. The van der Waals surface area contributed by atoms with Crippen LogP contribution < -0.4 is 0 Å². The molecule has 0 bridgehead atoms. The lowest BCUT2D eigenvalue weighted by atomic mass is 9.80. The number of halogens is 2. The number of rotatable bonds is 0. The minimum absolute atomic E-state index is 0.334. The van der Waals surface area contributed by atoms with Gasteiger partial charge in [0.15, 0.2) is 0 Å². The van der Waals surface area contributed by atoms with Gasteiger partial charge in [0.1, 0.15) is 0 Å². The minimum Gasteiger partial charge on any atom is -0.208 e. The fourth-order valence-corrected chi connectivity index (χ4v) is 1.67. The highest BCUT2D eigenvalue weighted by Crippen LogP contribution is 2.33. The predicted octanol–water partition coefficient (Wildman–Crippen LogP) is 5.36. The van der Waals surface area contributed by atoms with E-state index in [1.165, 1.54) is 18.4 Å². The molecule has 0 aromatic rings. The topological polar surface area (TPSA) is 0 Å². The van der Waals surface area contributed by atoms with Gasteiger partial charge in [-0.2, -0.15) is 0 Å². The highest BCUT2D eigenvalue weighted by atomic mass is 19.3. The summed E-state index contributed by atoms with van der Waals surface area (Å²) < 4.78 is 22.0. The summed E-state index contributed by atoms with van der Waals surface area (Å²) in [5.74, 6) is -2.50. The molecule has 0 aromatic heterocycles. The SMILES string of the molecule is CC(C)(F)F.CC1=C(C(C)(C)C)C=CCC1. The zero-order valence-electron chi connectivity index (χ0n) is 11.3. The van der Waals surface area contributed by atoms with E-state index in [1.54, 1.807) is 5.57 Å². The molecular weight excluding hydrogens is 206 g/mol. The summed E-state index contributed by atoms with van der Waals surface area (Å²) in [5.41, 5.74) is 3.44. The van der Waals surface area contributed by atoms with Crippen LogP contribution in [0.15, 0.2) is 23.3 Å². The molecule has 0 saturated heterocycles. The largest absolute Gasteiger partial charge is 0.242 e. The highest BCUT2D eigenvalue weighted by molar-refractivity contribution is 5.32. The van der Waals surface area contributed by atoms with Gasteiger partial charge < -0.3 is 0 Å². The molecule has 0 unspecified atom stereocenters. The van der Waals surface area contributed by atoms with Crippen LogP contribution in [0.5, 0.6) is 0 Å². The summed E-state index contributed by atoms with van der Waals surface area (Å²) in [6, 6.07) is 0. The monoisotopic (exact) mass is 230 g/mol. The van der Waals surface area contributed by atoms with Crippen molar-refractivity contribution in [3.05, 3.63) is 23.3 Å².